The maximum absolute atomic E-state index is 13.8. The molecule has 3 aromatic carbocycles. The molecule has 0 spiro atoms. The number of benzene rings is 3. The van der Waals surface area contributed by atoms with Gasteiger partial charge in [0.05, 0.1) is 10.6 Å². The monoisotopic (exact) mass is 649 g/mol. The van der Waals surface area contributed by atoms with E-state index in [1.807, 2.05) is 31.2 Å². The Morgan fingerprint density at radius 1 is 0.946 bits per heavy atom. The van der Waals surface area contributed by atoms with Gasteiger partial charge >= 0.3 is 0 Å². The second kappa shape index (κ2) is 12.7. The summed E-state index contributed by atoms with van der Waals surface area (Å²) in [6, 6.07) is 19.8. The van der Waals surface area contributed by atoms with Crippen LogP contribution >= 0.6 is 31.9 Å². The largest absolute Gasteiger partial charge is 0.355 e. The van der Waals surface area contributed by atoms with Gasteiger partial charge in [0.25, 0.3) is 10.0 Å². The summed E-state index contributed by atoms with van der Waals surface area (Å²) in [5, 5.41) is 2.75. The lowest BCUT2D eigenvalue weighted by Crippen LogP contribution is -2.51. The maximum Gasteiger partial charge on any atom is 0.264 e. The highest BCUT2D eigenvalue weighted by atomic mass is 79.9. The molecule has 0 aromatic heterocycles. The molecule has 1 atom stereocenters. The standard InChI is InChI=1S/C27H29Br2N3O4S/c1-4-30-27(34)20(3)31(17-21-6-5-7-23(29)16-21)26(33)18-32(24-12-10-22(28)11-13-24)37(35,36)25-14-8-19(2)9-15-25/h5-16,20H,4,17-18H2,1-3H3,(H,30,34). The molecule has 37 heavy (non-hydrogen) atoms. The molecule has 2 amide bonds. The third kappa shape index (κ3) is 7.43. The van der Waals surface area contributed by atoms with Crippen LogP contribution in [-0.2, 0) is 26.2 Å². The van der Waals surface area contributed by atoms with E-state index in [9.17, 15) is 18.0 Å². The number of likely N-dealkylation sites (N-methyl/N-ethyl adjacent to an activating group) is 1. The Kier molecular flexibility index (Phi) is 9.92. The summed E-state index contributed by atoms with van der Waals surface area (Å²) in [7, 11) is -4.09. The Hall–Kier alpha value is -2.69. The number of carbonyl (C=O) groups excluding carboxylic acids is 2. The van der Waals surface area contributed by atoms with E-state index in [0.29, 0.717) is 12.2 Å². The van der Waals surface area contributed by atoms with E-state index in [2.05, 4.69) is 37.2 Å². The number of sulfonamides is 1. The SMILES string of the molecule is CCNC(=O)C(C)N(Cc1cccc(Br)c1)C(=O)CN(c1ccc(Br)cc1)S(=O)(=O)c1ccc(C)cc1. The number of hydrogen-bond donors (Lipinski definition) is 1. The zero-order valence-corrected chi connectivity index (χ0v) is 24.8. The van der Waals surface area contributed by atoms with Crippen molar-refractivity contribution in [3.8, 4) is 0 Å². The lowest BCUT2D eigenvalue weighted by molar-refractivity contribution is -0.139. The van der Waals surface area contributed by atoms with Gasteiger partial charge in [-0.15, -0.1) is 0 Å². The molecule has 0 saturated carbocycles. The Labute approximate surface area is 235 Å². The van der Waals surface area contributed by atoms with Gasteiger partial charge in [-0.1, -0.05) is 61.7 Å². The predicted molar refractivity (Wildman–Crippen MR) is 153 cm³/mol. The van der Waals surface area contributed by atoms with Gasteiger partial charge in [0.1, 0.15) is 12.6 Å². The number of nitrogens with one attached hydrogen (secondary N) is 1. The molecule has 1 unspecified atom stereocenters. The molecule has 0 aliphatic heterocycles. The third-order valence-electron chi connectivity index (χ3n) is 5.76. The average molecular weight is 651 g/mol. The molecule has 0 heterocycles. The van der Waals surface area contributed by atoms with Gasteiger partial charge in [0.2, 0.25) is 11.8 Å². The van der Waals surface area contributed by atoms with Crippen molar-refractivity contribution >= 4 is 59.4 Å². The van der Waals surface area contributed by atoms with E-state index in [0.717, 1.165) is 24.4 Å². The third-order valence-corrected chi connectivity index (χ3v) is 8.57. The summed E-state index contributed by atoms with van der Waals surface area (Å²) in [5.74, 6) is -0.820. The van der Waals surface area contributed by atoms with Gasteiger partial charge in [0.15, 0.2) is 0 Å². The normalized spacial score (nSPS) is 12.0. The average Bonchev–Trinajstić information content (AvgIpc) is 2.86. The summed E-state index contributed by atoms with van der Waals surface area (Å²) in [6.45, 7) is 5.38. The highest BCUT2D eigenvalue weighted by molar-refractivity contribution is 9.10. The topological polar surface area (TPSA) is 86.8 Å². The molecule has 7 nitrogen and oxygen atoms in total. The molecule has 3 aromatic rings. The van der Waals surface area contributed by atoms with Crippen LogP contribution in [0.5, 0.6) is 0 Å². The molecule has 1 N–H and O–H groups in total. The van der Waals surface area contributed by atoms with Crippen LogP contribution in [0.4, 0.5) is 5.69 Å². The van der Waals surface area contributed by atoms with Crippen molar-refractivity contribution in [3.05, 3.63) is 92.9 Å². The first-order chi connectivity index (χ1) is 17.5. The number of amides is 2. The van der Waals surface area contributed by atoms with E-state index >= 15 is 0 Å². The van der Waals surface area contributed by atoms with E-state index in [-0.39, 0.29) is 17.3 Å². The maximum atomic E-state index is 13.8. The number of aryl methyl sites for hydroxylation is 1. The van der Waals surface area contributed by atoms with Crippen molar-refractivity contribution in [1.29, 1.82) is 0 Å². The Bertz CT molecular complexity index is 1350. The number of rotatable bonds is 10. The molecule has 3 rings (SSSR count). The van der Waals surface area contributed by atoms with Crippen LogP contribution in [0.2, 0.25) is 0 Å². The molecule has 0 aliphatic carbocycles. The second-order valence-corrected chi connectivity index (χ2v) is 12.2. The molecule has 0 fully saturated rings. The van der Waals surface area contributed by atoms with Crippen LogP contribution in [0, 0.1) is 6.92 Å². The quantitative estimate of drug-likeness (QED) is 0.324. The molecule has 0 bridgehead atoms. The highest BCUT2D eigenvalue weighted by Crippen LogP contribution is 2.26. The summed E-state index contributed by atoms with van der Waals surface area (Å²) in [5.41, 5.74) is 2.06. The number of halogens is 2. The van der Waals surface area contributed by atoms with Crippen LogP contribution in [0.3, 0.4) is 0 Å². The van der Waals surface area contributed by atoms with Crippen LogP contribution in [0.1, 0.15) is 25.0 Å². The van der Waals surface area contributed by atoms with Gasteiger partial charge < -0.3 is 10.2 Å². The summed E-state index contributed by atoms with van der Waals surface area (Å²) in [6.07, 6.45) is 0. The van der Waals surface area contributed by atoms with E-state index in [1.54, 1.807) is 50.2 Å². The number of hydrogen-bond acceptors (Lipinski definition) is 4. The lowest BCUT2D eigenvalue weighted by Gasteiger charge is -2.32. The zero-order valence-electron chi connectivity index (χ0n) is 20.8. The molecule has 10 heteroatoms. The fourth-order valence-corrected chi connectivity index (χ4v) is 5.84. The predicted octanol–water partition coefficient (Wildman–Crippen LogP) is 5.27. The van der Waals surface area contributed by atoms with Crippen molar-refractivity contribution in [2.75, 3.05) is 17.4 Å². The van der Waals surface area contributed by atoms with Crippen LogP contribution < -0.4 is 9.62 Å². The van der Waals surface area contributed by atoms with Crippen LogP contribution in [0.25, 0.3) is 0 Å². The first kappa shape index (κ1) is 28.9. The molecule has 196 valence electrons. The van der Waals surface area contributed by atoms with E-state index < -0.39 is 28.5 Å². The fraction of sp³-hybridized carbons (Fsp3) is 0.259. The summed E-state index contributed by atoms with van der Waals surface area (Å²) in [4.78, 5) is 28.0. The lowest BCUT2D eigenvalue weighted by atomic mass is 10.1. The van der Waals surface area contributed by atoms with Gasteiger partial charge in [-0.25, -0.2) is 8.42 Å². The van der Waals surface area contributed by atoms with Crippen molar-refractivity contribution in [3.63, 3.8) is 0 Å². The van der Waals surface area contributed by atoms with Crippen molar-refractivity contribution < 1.29 is 18.0 Å². The first-order valence-corrected chi connectivity index (χ1v) is 14.7. The van der Waals surface area contributed by atoms with Crippen LogP contribution in [-0.4, -0.2) is 44.3 Å². The molecule has 0 aliphatic rings. The molecule has 0 radical (unpaired) electrons. The minimum absolute atomic E-state index is 0.0733. The zero-order chi connectivity index (χ0) is 27.2. The molecular weight excluding hydrogens is 622 g/mol. The van der Waals surface area contributed by atoms with Gasteiger partial charge in [-0.2, -0.15) is 0 Å². The van der Waals surface area contributed by atoms with E-state index in [4.69, 9.17) is 0 Å². The first-order valence-electron chi connectivity index (χ1n) is 11.7. The van der Waals surface area contributed by atoms with Crippen molar-refractivity contribution in [1.82, 2.24) is 10.2 Å². The number of anilines is 1. The van der Waals surface area contributed by atoms with Gasteiger partial charge in [-0.3, -0.25) is 13.9 Å². The minimum Gasteiger partial charge on any atom is -0.355 e. The number of nitrogens with zero attached hydrogens (tertiary/aromatic N) is 2. The van der Waals surface area contributed by atoms with E-state index in [1.165, 1.54) is 17.0 Å². The highest BCUT2D eigenvalue weighted by Gasteiger charge is 2.32. The van der Waals surface area contributed by atoms with Gasteiger partial charge in [0, 0.05) is 22.0 Å². The minimum atomic E-state index is -4.09. The Balaban J connectivity index is 2.02. The molecular formula is C27H29Br2N3O4S. The Morgan fingerprint density at radius 3 is 2.19 bits per heavy atom. The van der Waals surface area contributed by atoms with Gasteiger partial charge in [-0.05, 0) is 74.9 Å². The fourth-order valence-electron chi connectivity index (χ4n) is 3.71. The summed E-state index contributed by atoms with van der Waals surface area (Å²) < 4.78 is 30.2. The number of carbonyl (C=O) groups is 2. The van der Waals surface area contributed by atoms with Crippen molar-refractivity contribution in [2.45, 2.75) is 38.3 Å². The molecule has 0 saturated heterocycles. The summed E-state index contributed by atoms with van der Waals surface area (Å²) >= 11 is 6.81. The second-order valence-electron chi connectivity index (χ2n) is 8.52. The Morgan fingerprint density at radius 2 is 1.59 bits per heavy atom. The van der Waals surface area contributed by atoms with Crippen molar-refractivity contribution in [2.24, 2.45) is 0 Å². The van der Waals surface area contributed by atoms with Crippen LogP contribution in [0.15, 0.2) is 86.6 Å². The smallest absolute Gasteiger partial charge is 0.264 e.